The summed E-state index contributed by atoms with van der Waals surface area (Å²) in [5.74, 6) is -0.911. The molecule has 0 aromatic heterocycles. The lowest BCUT2D eigenvalue weighted by atomic mass is 10.00. The molecule has 0 heterocycles. The zero-order chi connectivity index (χ0) is 14.5. The molecule has 0 saturated carbocycles. The summed E-state index contributed by atoms with van der Waals surface area (Å²) in [5, 5.41) is 12.2. The van der Waals surface area contributed by atoms with Crippen LogP contribution in [0.5, 0.6) is 0 Å². The van der Waals surface area contributed by atoms with Gasteiger partial charge in [0.2, 0.25) is 0 Å². The Kier molecular flexibility index (Phi) is 6.11. The Hall–Kier alpha value is -1.30. The predicted octanol–water partition coefficient (Wildman–Crippen LogP) is 1.07. The van der Waals surface area contributed by atoms with Crippen LogP contribution in [-0.4, -0.2) is 42.0 Å². The molecule has 0 aliphatic rings. The zero-order valence-electron chi connectivity index (χ0n) is 11.8. The molecule has 0 fully saturated rings. The van der Waals surface area contributed by atoms with Gasteiger partial charge in [-0.25, -0.2) is 9.59 Å². The highest BCUT2D eigenvalue weighted by Crippen LogP contribution is 2.11. The number of ether oxygens (including phenoxy) is 2. The van der Waals surface area contributed by atoms with Gasteiger partial charge in [0.15, 0.2) is 6.04 Å². The van der Waals surface area contributed by atoms with Crippen LogP contribution in [0.4, 0.5) is 4.79 Å². The van der Waals surface area contributed by atoms with Crippen molar-refractivity contribution in [1.29, 1.82) is 0 Å². The van der Waals surface area contributed by atoms with E-state index in [2.05, 4.69) is 10.1 Å². The van der Waals surface area contributed by atoms with Crippen molar-refractivity contribution >= 4 is 12.1 Å². The molecule has 0 aromatic rings. The Bertz CT molecular complexity index is 295. The van der Waals surface area contributed by atoms with Crippen molar-refractivity contribution in [3.8, 4) is 0 Å². The summed E-state index contributed by atoms with van der Waals surface area (Å²) in [6, 6.07) is -1.13. The molecule has 0 spiro atoms. The van der Waals surface area contributed by atoms with Gasteiger partial charge in [-0.1, -0.05) is 13.8 Å². The molecule has 0 saturated heterocycles. The van der Waals surface area contributed by atoms with Crippen LogP contribution in [0.25, 0.3) is 0 Å². The Morgan fingerprint density at radius 3 is 2.06 bits per heavy atom. The number of carbonyl (C=O) groups is 2. The molecule has 2 N–H and O–H groups in total. The maximum Gasteiger partial charge on any atom is 0.408 e. The van der Waals surface area contributed by atoms with Gasteiger partial charge < -0.3 is 19.9 Å². The fraction of sp³-hybridized carbons (Fsp3) is 0.833. The molecule has 6 nitrogen and oxygen atoms in total. The fourth-order valence-electron chi connectivity index (χ4n) is 1.23. The zero-order valence-corrected chi connectivity index (χ0v) is 11.8. The van der Waals surface area contributed by atoms with E-state index in [1.807, 2.05) is 0 Å². The minimum Gasteiger partial charge on any atom is -0.467 e. The largest absolute Gasteiger partial charge is 0.467 e. The van der Waals surface area contributed by atoms with Gasteiger partial charge in [-0.15, -0.1) is 0 Å². The number of aliphatic hydroxyl groups excluding tert-OH is 1. The number of hydrogen-bond donors (Lipinski definition) is 2. The first kappa shape index (κ1) is 16.7. The number of methoxy groups -OCH3 is 1. The molecular weight excluding hydrogens is 238 g/mol. The molecule has 0 unspecified atom stereocenters. The average Bonchev–Trinajstić information content (AvgIpc) is 2.21. The van der Waals surface area contributed by atoms with E-state index in [4.69, 9.17) is 4.74 Å². The predicted molar refractivity (Wildman–Crippen MR) is 66.0 cm³/mol. The smallest absolute Gasteiger partial charge is 0.408 e. The van der Waals surface area contributed by atoms with Crippen molar-refractivity contribution in [3.63, 3.8) is 0 Å². The minimum absolute atomic E-state index is 0.205. The Morgan fingerprint density at radius 2 is 1.72 bits per heavy atom. The number of nitrogens with one attached hydrogen (secondary N) is 1. The van der Waals surface area contributed by atoms with Gasteiger partial charge in [0, 0.05) is 0 Å². The summed E-state index contributed by atoms with van der Waals surface area (Å²) in [5.41, 5.74) is -0.673. The second-order valence-corrected chi connectivity index (χ2v) is 5.38. The molecule has 0 rings (SSSR count). The van der Waals surface area contributed by atoms with E-state index in [0.29, 0.717) is 0 Å². The summed E-state index contributed by atoms with van der Waals surface area (Å²) in [7, 11) is 1.19. The van der Waals surface area contributed by atoms with Crippen LogP contribution in [0.1, 0.15) is 34.6 Å². The fourth-order valence-corrected chi connectivity index (χ4v) is 1.23. The summed E-state index contributed by atoms with van der Waals surface area (Å²) in [6.07, 6.45) is -1.80. The van der Waals surface area contributed by atoms with Crippen molar-refractivity contribution < 1.29 is 24.2 Å². The van der Waals surface area contributed by atoms with Crippen LogP contribution in [-0.2, 0) is 14.3 Å². The van der Waals surface area contributed by atoms with Crippen LogP contribution < -0.4 is 5.32 Å². The van der Waals surface area contributed by atoms with Crippen molar-refractivity contribution in [1.82, 2.24) is 5.32 Å². The SMILES string of the molecule is COC(=O)[C@@H](NC(=O)OC(C)(C)C)[C@@H](O)C(C)C. The highest BCUT2D eigenvalue weighted by Gasteiger charge is 2.32. The van der Waals surface area contributed by atoms with Gasteiger partial charge in [-0.05, 0) is 26.7 Å². The van der Waals surface area contributed by atoms with Crippen LogP contribution in [0.2, 0.25) is 0 Å². The Morgan fingerprint density at radius 1 is 1.22 bits per heavy atom. The summed E-state index contributed by atoms with van der Waals surface area (Å²) in [4.78, 5) is 23.1. The maximum absolute atomic E-state index is 11.6. The van der Waals surface area contributed by atoms with Crippen molar-refractivity contribution in [2.24, 2.45) is 5.92 Å². The Balaban J connectivity index is 4.70. The normalized spacial score (nSPS) is 14.9. The quantitative estimate of drug-likeness (QED) is 0.739. The Labute approximate surface area is 108 Å². The number of esters is 1. The van der Waals surface area contributed by atoms with E-state index in [0.717, 1.165) is 0 Å². The standard InChI is InChI=1S/C12H23NO5/c1-7(2)9(14)8(10(15)17-6)13-11(16)18-12(3,4)5/h7-9,14H,1-6H3,(H,13,16)/t8-,9-/m0/s1. The van der Waals surface area contributed by atoms with Crippen molar-refractivity contribution in [3.05, 3.63) is 0 Å². The first-order valence-corrected chi connectivity index (χ1v) is 5.84. The van der Waals surface area contributed by atoms with E-state index in [1.54, 1.807) is 34.6 Å². The second kappa shape index (κ2) is 6.58. The molecule has 0 aliphatic heterocycles. The number of amides is 1. The third-order valence-corrected chi connectivity index (χ3v) is 2.15. The van der Waals surface area contributed by atoms with E-state index >= 15 is 0 Å². The van der Waals surface area contributed by atoms with Crippen LogP contribution in [0.3, 0.4) is 0 Å². The number of rotatable bonds is 4. The third kappa shape index (κ3) is 5.86. The third-order valence-electron chi connectivity index (χ3n) is 2.15. The van der Waals surface area contributed by atoms with Gasteiger partial charge >= 0.3 is 12.1 Å². The summed E-state index contributed by atoms with van der Waals surface area (Å²) < 4.78 is 9.57. The van der Waals surface area contributed by atoms with Crippen LogP contribution in [0, 0.1) is 5.92 Å². The van der Waals surface area contributed by atoms with E-state index in [1.165, 1.54) is 7.11 Å². The number of aliphatic hydroxyl groups is 1. The molecular formula is C12H23NO5. The monoisotopic (exact) mass is 261 g/mol. The average molecular weight is 261 g/mol. The molecule has 106 valence electrons. The summed E-state index contributed by atoms with van der Waals surface area (Å²) in [6.45, 7) is 8.59. The van der Waals surface area contributed by atoms with Crippen LogP contribution in [0.15, 0.2) is 0 Å². The molecule has 1 amide bonds. The van der Waals surface area contributed by atoms with Gasteiger partial charge in [0.25, 0.3) is 0 Å². The molecule has 0 radical (unpaired) electrons. The highest BCUT2D eigenvalue weighted by molar-refractivity contribution is 5.82. The van der Waals surface area contributed by atoms with E-state index in [9.17, 15) is 14.7 Å². The molecule has 2 atom stereocenters. The first-order valence-electron chi connectivity index (χ1n) is 5.84. The van der Waals surface area contributed by atoms with E-state index < -0.39 is 29.8 Å². The van der Waals surface area contributed by atoms with Crippen LogP contribution >= 0.6 is 0 Å². The highest BCUT2D eigenvalue weighted by atomic mass is 16.6. The van der Waals surface area contributed by atoms with Gasteiger partial charge in [0.05, 0.1) is 13.2 Å². The molecule has 0 aromatic carbocycles. The van der Waals surface area contributed by atoms with Gasteiger partial charge in [-0.2, -0.15) is 0 Å². The molecule has 0 bridgehead atoms. The van der Waals surface area contributed by atoms with Crippen molar-refractivity contribution in [2.75, 3.05) is 7.11 Å². The lowest BCUT2D eigenvalue weighted by Gasteiger charge is -2.26. The van der Waals surface area contributed by atoms with E-state index in [-0.39, 0.29) is 5.92 Å². The maximum atomic E-state index is 11.6. The summed E-state index contributed by atoms with van der Waals surface area (Å²) >= 11 is 0. The van der Waals surface area contributed by atoms with Gasteiger partial charge in [0.1, 0.15) is 5.60 Å². The first-order chi connectivity index (χ1) is 8.08. The minimum atomic E-state index is -1.13. The lowest BCUT2D eigenvalue weighted by Crippen LogP contribution is -2.52. The van der Waals surface area contributed by atoms with Crippen molar-refractivity contribution in [2.45, 2.75) is 52.4 Å². The molecule has 6 heteroatoms. The lowest BCUT2D eigenvalue weighted by molar-refractivity contribution is -0.147. The topological polar surface area (TPSA) is 84.9 Å². The second-order valence-electron chi connectivity index (χ2n) is 5.38. The number of alkyl carbamates (subject to hydrolysis) is 1. The number of hydrogen-bond acceptors (Lipinski definition) is 5. The van der Waals surface area contributed by atoms with Gasteiger partial charge in [-0.3, -0.25) is 0 Å². The molecule has 18 heavy (non-hydrogen) atoms. The number of carbonyl (C=O) groups excluding carboxylic acids is 2. The molecule has 0 aliphatic carbocycles.